The fraction of sp³-hybridized carbons (Fsp3) is 0.125. The number of ether oxygens (including phenoxy) is 2. The van der Waals surface area contributed by atoms with E-state index in [2.05, 4.69) is 11.1 Å². The molecule has 0 fully saturated rings. The van der Waals surface area contributed by atoms with Gasteiger partial charge in [0.2, 0.25) is 0 Å². The fourth-order valence-electron chi connectivity index (χ4n) is 4.15. The zero-order valence-electron chi connectivity index (χ0n) is 16.0. The van der Waals surface area contributed by atoms with Gasteiger partial charge in [-0.2, -0.15) is 0 Å². The maximum atomic E-state index is 12.5. The van der Waals surface area contributed by atoms with Crippen LogP contribution in [0.25, 0.3) is 22.0 Å². The van der Waals surface area contributed by atoms with Crippen LogP contribution in [-0.2, 0) is 4.74 Å². The number of nitrogens with one attached hydrogen (secondary N) is 1. The number of hydrogen-bond acceptors (Lipinski definition) is 4. The summed E-state index contributed by atoms with van der Waals surface area (Å²) in [5, 5.41) is 11.4. The van der Waals surface area contributed by atoms with Gasteiger partial charge < -0.3 is 19.6 Å². The molecule has 1 aromatic heterocycles. The van der Waals surface area contributed by atoms with E-state index < -0.39 is 5.97 Å². The van der Waals surface area contributed by atoms with Crippen molar-refractivity contribution in [3.05, 3.63) is 83.0 Å². The Labute approximate surface area is 167 Å². The van der Waals surface area contributed by atoms with E-state index in [1.807, 2.05) is 49.5 Å². The molecule has 0 saturated carbocycles. The molecule has 0 saturated heterocycles. The third-order valence-corrected chi connectivity index (χ3v) is 5.41. The van der Waals surface area contributed by atoms with E-state index in [0.29, 0.717) is 11.3 Å². The van der Waals surface area contributed by atoms with Crippen LogP contribution in [0, 0.1) is 6.92 Å². The van der Waals surface area contributed by atoms with E-state index in [1.165, 1.54) is 13.2 Å². The lowest BCUT2D eigenvalue weighted by atomic mass is 9.93. The lowest BCUT2D eigenvalue weighted by Crippen LogP contribution is -2.10. The minimum atomic E-state index is -0.608. The highest BCUT2D eigenvalue weighted by Gasteiger charge is 2.31. The Morgan fingerprint density at radius 2 is 1.97 bits per heavy atom. The number of phenolic OH excluding ortho intramolecular Hbond substituents is 1. The van der Waals surface area contributed by atoms with E-state index in [9.17, 15) is 9.90 Å². The average Bonchev–Trinajstić information content (AvgIpc) is 3.09. The molecule has 0 unspecified atom stereocenters. The number of carbonyl (C=O) groups excluding carboxylic acids is 1. The molecule has 144 valence electrons. The number of methoxy groups -OCH3 is 1. The first-order valence-corrected chi connectivity index (χ1v) is 9.36. The number of aromatic amines is 1. The highest BCUT2D eigenvalue weighted by atomic mass is 16.5. The van der Waals surface area contributed by atoms with Crippen LogP contribution < -0.4 is 4.74 Å². The Hall–Kier alpha value is -3.73. The number of aromatic nitrogens is 1. The predicted molar refractivity (Wildman–Crippen MR) is 110 cm³/mol. The minimum absolute atomic E-state index is 0.102. The van der Waals surface area contributed by atoms with Crippen molar-refractivity contribution in [2.45, 2.75) is 13.0 Å². The quantitative estimate of drug-likeness (QED) is 0.470. The zero-order valence-corrected chi connectivity index (χ0v) is 16.0. The lowest BCUT2D eigenvalue weighted by Gasteiger charge is -2.21. The summed E-state index contributed by atoms with van der Waals surface area (Å²) in [6, 6.07) is 17.4. The van der Waals surface area contributed by atoms with Gasteiger partial charge in [0.25, 0.3) is 0 Å². The molecule has 1 aliphatic rings. The number of H-pyrrole nitrogens is 1. The van der Waals surface area contributed by atoms with Crippen LogP contribution in [0.3, 0.4) is 0 Å². The second-order valence-corrected chi connectivity index (χ2v) is 7.21. The number of aryl methyl sites for hydroxylation is 1. The molecular formula is C24H19NO4. The van der Waals surface area contributed by atoms with E-state index in [-0.39, 0.29) is 17.4 Å². The zero-order chi connectivity index (χ0) is 20.1. The van der Waals surface area contributed by atoms with Crippen molar-refractivity contribution in [2.75, 3.05) is 7.11 Å². The molecule has 5 rings (SSSR count). The van der Waals surface area contributed by atoms with Crippen LogP contribution in [0.15, 0.2) is 60.8 Å². The van der Waals surface area contributed by atoms with Crippen LogP contribution in [0.4, 0.5) is 0 Å². The van der Waals surface area contributed by atoms with Crippen molar-refractivity contribution in [1.29, 1.82) is 0 Å². The summed E-state index contributed by atoms with van der Waals surface area (Å²) in [6.45, 7) is 2.05. The first-order valence-electron chi connectivity index (χ1n) is 9.36. The van der Waals surface area contributed by atoms with Crippen LogP contribution >= 0.6 is 0 Å². The molecule has 0 bridgehead atoms. The molecule has 0 aliphatic carbocycles. The van der Waals surface area contributed by atoms with Gasteiger partial charge in [0.15, 0.2) is 0 Å². The summed E-state index contributed by atoms with van der Waals surface area (Å²) in [7, 11) is 1.30. The molecule has 3 aromatic carbocycles. The van der Waals surface area contributed by atoms with Gasteiger partial charge in [0.05, 0.1) is 7.11 Å². The first-order chi connectivity index (χ1) is 14.1. The van der Waals surface area contributed by atoms with Crippen molar-refractivity contribution < 1.29 is 19.4 Å². The van der Waals surface area contributed by atoms with Crippen molar-refractivity contribution >= 4 is 16.9 Å². The van der Waals surface area contributed by atoms with Gasteiger partial charge in [-0.15, -0.1) is 0 Å². The SMILES string of the molecule is COC(=O)c1c(O)ccc2c1-c1c[nH]c3cccc(c13)[C@@H](c1cccc(C)c1)O2. The summed E-state index contributed by atoms with van der Waals surface area (Å²) in [5.41, 5.74) is 5.53. The van der Waals surface area contributed by atoms with Crippen molar-refractivity contribution in [3.63, 3.8) is 0 Å². The van der Waals surface area contributed by atoms with Gasteiger partial charge in [0.1, 0.15) is 23.2 Å². The van der Waals surface area contributed by atoms with E-state index in [4.69, 9.17) is 9.47 Å². The number of benzene rings is 3. The van der Waals surface area contributed by atoms with Gasteiger partial charge in [-0.05, 0) is 30.7 Å². The second kappa shape index (κ2) is 6.41. The molecule has 29 heavy (non-hydrogen) atoms. The molecule has 2 N–H and O–H groups in total. The Kier molecular flexibility index (Phi) is 3.84. The summed E-state index contributed by atoms with van der Waals surface area (Å²) >= 11 is 0. The molecular weight excluding hydrogens is 366 g/mol. The van der Waals surface area contributed by atoms with Gasteiger partial charge >= 0.3 is 5.97 Å². The monoisotopic (exact) mass is 385 g/mol. The Balaban J connectivity index is 1.87. The number of fused-ring (bicyclic) bond motifs is 2. The Bertz CT molecular complexity index is 1270. The molecule has 1 aliphatic heterocycles. The second-order valence-electron chi connectivity index (χ2n) is 7.21. The summed E-state index contributed by atoms with van der Waals surface area (Å²) in [4.78, 5) is 15.8. The Morgan fingerprint density at radius 1 is 1.14 bits per heavy atom. The van der Waals surface area contributed by atoms with Crippen LogP contribution in [0.2, 0.25) is 0 Å². The number of phenols is 1. The molecule has 2 heterocycles. The Morgan fingerprint density at radius 3 is 2.76 bits per heavy atom. The normalized spacial score (nSPS) is 14.8. The molecule has 0 amide bonds. The first kappa shape index (κ1) is 17.4. The topological polar surface area (TPSA) is 71.5 Å². The number of esters is 1. The van der Waals surface area contributed by atoms with Crippen LogP contribution in [-0.4, -0.2) is 23.2 Å². The maximum Gasteiger partial charge on any atom is 0.342 e. The van der Waals surface area contributed by atoms with Crippen molar-refractivity contribution in [3.8, 4) is 22.6 Å². The summed E-state index contributed by atoms with van der Waals surface area (Å²) in [5.74, 6) is -0.226. The standard InChI is InChI=1S/C24H19NO4/c1-13-5-3-6-14(11-13)23-15-7-4-8-17-20(15)16(12-25-17)21-19(29-23)10-9-18(26)22(21)24(27)28-2/h3-12,23,25-26H,1-2H3/t23-/m1/s1. The molecule has 5 nitrogen and oxygen atoms in total. The number of aromatic hydroxyl groups is 1. The average molecular weight is 385 g/mol. The fourth-order valence-corrected chi connectivity index (χ4v) is 4.15. The molecule has 5 heteroatoms. The summed E-state index contributed by atoms with van der Waals surface area (Å²) < 4.78 is 11.4. The van der Waals surface area contributed by atoms with E-state index >= 15 is 0 Å². The maximum absolute atomic E-state index is 12.5. The smallest absolute Gasteiger partial charge is 0.342 e. The number of carbonyl (C=O) groups is 1. The van der Waals surface area contributed by atoms with Gasteiger partial charge in [-0.3, -0.25) is 0 Å². The highest BCUT2D eigenvalue weighted by Crippen LogP contribution is 2.48. The van der Waals surface area contributed by atoms with Crippen LogP contribution in [0.1, 0.15) is 33.2 Å². The van der Waals surface area contributed by atoms with Gasteiger partial charge in [-0.25, -0.2) is 4.79 Å². The van der Waals surface area contributed by atoms with Gasteiger partial charge in [0, 0.05) is 33.8 Å². The number of hydrogen-bond donors (Lipinski definition) is 2. The largest absolute Gasteiger partial charge is 0.507 e. The molecule has 4 aromatic rings. The highest BCUT2D eigenvalue weighted by molar-refractivity contribution is 6.08. The number of rotatable bonds is 2. The van der Waals surface area contributed by atoms with Crippen LogP contribution in [0.5, 0.6) is 11.5 Å². The van der Waals surface area contributed by atoms with E-state index in [1.54, 1.807) is 6.07 Å². The molecule has 1 atom stereocenters. The molecule has 0 spiro atoms. The van der Waals surface area contributed by atoms with Crippen molar-refractivity contribution in [2.24, 2.45) is 0 Å². The predicted octanol–water partition coefficient (Wildman–Crippen LogP) is 5.12. The lowest BCUT2D eigenvalue weighted by molar-refractivity contribution is 0.0598. The minimum Gasteiger partial charge on any atom is -0.507 e. The van der Waals surface area contributed by atoms with Crippen molar-refractivity contribution in [1.82, 2.24) is 4.98 Å². The molecule has 0 radical (unpaired) electrons. The van der Waals surface area contributed by atoms with E-state index in [0.717, 1.165) is 33.2 Å². The third-order valence-electron chi connectivity index (χ3n) is 5.41. The third kappa shape index (κ3) is 2.58. The van der Waals surface area contributed by atoms with Gasteiger partial charge in [-0.1, -0.05) is 42.0 Å². The summed E-state index contributed by atoms with van der Waals surface area (Å²) in [6.07, 6.45) is 1.49.